The summed E-state index contributed by atoms with van der Waals surface area (Å²) < 4.78 is 5.99. The van der Waals surface area contributed by atoms with E-state index in [1.165, 1.54) is 17.2 Å². The van der Waals surface area contributed by atoms with E-state index in [0.717, 1.165) is 34.3 Å². The van der Waals surface area contributed by atoms with Gasteiger partial charge in [0.1, 0.15) is 12.4 Å². The molecule has 0 aliphatic carbocycles. The molecule has 3 nitrogen and oxygen atoms in total. The van der Waals surface area contributed by atoms with E-state index in [-0.39, 0.29) is 0 Å². The van der Waals surface area contributed by atoms with Crippen molar-refractivity contribution >= 4 is 17.0 Å². The largest absolute Gasteiger partial charge is 0.487 e. The van der Waals surface area contributed by atoms with Crippen molar-refractivity contribution in [2.45, 2.75) is 13.0 Å². The average molecular weight is 376 g/mol. The fourth-order valence-corrected chi connectivity index (χ4v) is 3.27. The van der Waals surface area contributed by atoms with Crippen LogP contribution in [0.1, 0.15) is 22.4 Å². The first-order chi connectivity index (χ1) is 14.3. The molecular formula is C26H20N2O. The Morgan fingerprint density at radius 2 is 1.69 bits per heavy atom. The summed E-state index contributed by atoms with van der Waals surface area (Å²) in [4.78, 5) is 4.66. The molecule has 0 aliphatic heterocycles. The number of nitriles is 1. The number of hydrogen-bond acceptors (Lipinski definition) is 3. The summed E-state index contributed by atoms with van der Waals surface area (Å²) in [5.74, 6) is 0.831. The summed E-state index contributed by atoms with van der Waals surface area (Å²) in [5, 5.41) is 9.82. The molecule has 4 aromatic rings. The molecule has 0 saturated heterocycles. The first kappa shape index (κ1) is 18.5. The third kappa shape index (κ3) is 4.88. The fourth-order valence-electron chi connectivity index (χ4n) is 3.27. The maximum Gasteiger partial charge on any atom is 0.130 e. The molecule has 0 bridgehead atoms. The van der Waals surface area contributed by atoms with Gasteiger partial charge in [0.25, 0.3) is 0 Å². The second kappa shape index (κ2) is 8.86. The van der Waals surface area contributed by atoms with Crippen LogP contribution in [0.3, 0.4) is 0 Å². The Hall–Kier alpha value is -3.90. The molecule has 4 rings (SSSR count). The molecular weight excluding hydrogens is 356 g/mol. The zero-order valence-corrected chi connectivity index (χ0v) is 16.0. The molecule has 0 spiro atoms. The van der Waals surface area contributed by atoms with Crippen molar-refractivity contribution in [3.05, 3.63) is 113 Å². The number of aromatic nitrogens is 1. The lowest BCUT2D eigenvalue weighted by Gasteiger charge is -2.09. The molecule has 0 atom stereocenters. The number of rotatable bonds is 6. The van der Waals surface area contributed by atoms with Crippen LogP contribution in [0.5, 0.6) is 5.75 Å². The number of pyridine rings is 1. The first-order valence-corrected chi connectivity index (χ1v) is 9.52. The molecule has 1 heterocycles. The van der Waals surface area contributed by atoms with Gasteiger partial charge in [-0.15, -0.1) is 0 Å². The van der Waals surface area contributed by atoms with E-state index >= 15 is 0 Å². The normalized spacial score (nSPS) is 10.9. The summed E-state index contributed by atoms with van der Waals surface area (Å²) in [6, 6.07) is 30.5. The molecule has 0 aliphatic rings. The highest BCUT2D eigenvalue weighted by atomic mass is 16.5. The van der Waals surface area contributed by atoms with Gasteiger partial charge in [0, 0.05) is 11.5 Å². The van der Waals surface area contributed by atoms with Gasteiger partial charge in [-0.05, 0) is 53.5 Å². The molecule has 3 aromatic carbocycles. The maximum absolute atomic E-state index is 8.69. The van der Waals surface area contributed by atoms with Crippen LogP contribution in [0.4, 0.5) is 0 Å². The van der Waals surface area contributed by atoms with E-state index in [0.29, 0.717) is 6.61 Å². The van der Waals surface area contributed by atoms with E-state index in [4.69, 9.17) is 10.00 Å². The molecule has 0 unspecified atom stereocenters. The number of para-hydroxylation sites is 1. The second-order valence-corrected chi connectivity index (χ2v) is 6.82. The summed E-state index contributed by atoms with van der Waals surface area (Å²) in [6.07, 6.45) is 4.12. The van der Waals surface area contributed by atoms with Crippen molar-refractivity contribution in [1.82, 2.24) is 4.98 Å². The lowest BCUT2D eigenvalue weighted by molar-refractivity contribution is 0.301. The predicted molar refractivity (Wildman–Crippen MR) is 116 cm³/mol. The Balaban J connectivity index is 1.44. The molecule has 1 aromatic heterocycles. The summed E-state index contributed by atoms with van der Waals surface area (Å²) in [7, 11) is 0. The molecule has 3 heteroatoms. The van der Waals surface area contributed by atoms with Gasteiger partial charge in [0.05, 0.1) is 17.3 Å². The Bertz CT molecular complexity index is 1200. The van der Waals surface area contributed by atoms with Crippen molar-refractivity contribution < 1.29 is 4.74 Å². The summed E-state index contributed by atoms with van der Waals surface area (Å²) in [6.45, 7) is 0.433. The average Bonchev–Trinajstić information content (AvgIpc) is 2.77. The summed E-state index contributed by atoms with van der Waals surface area (Å²) >= 11 is 0. The quantitative estimate of drug-likeness (QED) is 0.391. The van der Waals surface area contributed by atoms with Gasteiger partial charge in [-0.1, -0.05) is 60.7 Å². The zero-order chi connectivity index (χ0) is 19.9. The number of fused-ring (bicyclic) bond motifs is 1. The lowest BCUT2D eigenvalue weighted by atomic mass is 10.0. The van der Waals surface area contributed by atoms with E-state index < -0.39 is 0 Å². The highest BCUT2D eigenvalue weighted by molar-refractivity contribution is 5.78. The Kier molecular flexibility index (Phi) is 5.64. The van der Waals surface area contributed by atoms with Gasteiger partial charge >= 0.3 is 0 Å². The van der Waals surface area contributed by atoms with Crippen LogP contribution >= 0.6 is 0 Å². The van der Waals surface area contributed by atoms with Crippen LogP contribution in [0.2, 0.25) is 0 Å². The third-order valence-electron chi connectivity index (χ3n) is 4.65. The van der Waals surface area contributed by atoms with Crippen LogP contribution in [-0.2, 0) is 13.0 Å². The van der Waals surface area contributed by atoms with Gasteiger partial charge in [-0.2, -0.15) is 5.26 Å². The molecule has 140 valence electrons. The standard InChI is InChI=1S/C26H20N2O/c27-15-5-9-20-6-3-7-21(16-20)17-22-8-4-11-25(18-22)29-19-24-14-13-23-10-1-2-12-26(23)28-24/h1-14,16,18H,17,19H2/b9-5+. The van der Waals surface area contributed by atoms with Crippen LogP contribution in [-0.4, -0.2) is 4.98 Å². The van der Waals surface area contributed by atoms with Gasteiger partial charge < -0.3 is 4.74 Å². The Morgan fingerprint density at radius 1 is 0.862 bits per heavy atom. The number of hydrogen-bond donors (Lipinski definition) is 0. The number of benzene rings is 3. The molecule has 29 heavy (non-hydrogen) atoms. The topological polar surface area (TPSA) is 45.9 Å². The van der Waals surface area contributed by atoms with Gasteiger partial charge in [-0.3, -0.25) is 0 Å². The SMILES string of the molecule is N#C/C=C/c1cccc(Cc2cccc(OCc3ccc4ccccc4n3)c2)c1. The maximum atomic E-state index is 8.69. The zero-order valence-electron chi connectivity index (χ0n) is 16.0. The minimum Gasteiger partial charge on any atom is -0.487 e. The first-order valence-electron chi connectivity index (χ1n) is 9.52. The molecule has 0 radical (unpaired) electrons. The van der Waals surface area contributed by atoms with Crippen molar-refractivity contribution in [2.75, 3.05) is 0 Å². The minimum atomic E-state index is 0.433. The van der Waals surface area contributed by atoms with Crippen LogP contribution < -0.4 is 4.74 Å². The van der Waals surface area contributed by atoms with E-state index in [2.05, 4.69) is 41.4 Å². The number of nitrogens with zero attached hydrogens (tertiary/aromatic N) is 2. The third-order valence-corrected chi connectivity index (χ3v) is 4.65. The van der Waals surface area contributed by atoms with E-state index in [9.17, 15) is 0 Å². The minimum absolute atomic E-state index is 0.433. The van der Waals surface area contributed by atoms with Gasteiger partial charge in [-0.25, -0.2) is 4.98 Å². The smallest absolute Gasteiger partial charge is 0.130 e. The van der Waals surface area contributed by atoms with Crippen molar-refractivity contribution in [1.29, 1.82) is 5.26 Å². The lowest BCUT2D eigenvalue weighted by Crippen LogP contribution is -1.99. The number of ether oxygens (including phenoxy) is 1. The van der Waals surface area contributed by atoms with Gasteiger partial charge in [0.15, 0.2) is 0 Å². The van der Waals surface area contributed by atoms with Crippen molar-refractivity contribution in [3.63, 3.8) is 0 Å². The van der Waals surface area contributed by atoms with Gasteiger partial charge in [0.2, 0.25) is 0 Å². The van der Waals surface area contributed by atoms with E-state index in [1.807, 2.05) is 60.7 Å². The molecule has 0 amide bonds. The van der Waals surface area contributed by atoms with Crippen LogP contribution in [0.25, 0.3) is 17.0 Å². The van der Waals surface area contributed by atoms with Crippen LogP contribution in [0.15, 0.2) is 91.0 Å². The second-order valence-electron chi connectivity index (χ2n) is 6.82. The number of allylic oxidation sites excluding steroid dienone is 1. The predicted octanol–water partition coefficient (Wildman–Crippen LogP) is 5.94. The molecule has 0 saturated carbocycles. The Labute approximate surface area is 170 Å². The highest BCUT2D eigenvalue weighted by Gasteiger charge is 2.03. The van der Waals surface area contributed by atoms with E-state index in [1.54, 1.807) is 0 Å². The fraction of sp³-hybridized carbons (Fsp3) is 0.0769. The molecule has 0 N–H and O–H groups in total. The van der Waals surface area contributed by atoms with Crippen molar-refractivity contribution in [3.8, 4) is 11.8 Å². The Morgan fingerprint density at radius 3 is 2.59 bits per heavy atom. The monoisotopic (exact) mass is 376 g/mol. The van der Waals surface area contributed by atoms with Crippen molar-refractivity contribution in [2.24, 2.45) is 0 Å². The highest BCUT2D eigenvalue weighted by Crippen LogP contribution is 2.19. The summed E-state index contributed by atoms with van der Waals surface area (Å²) in [5.41, 5.74) is 5.28. The molecule has 0 fully saturated rings. The van der Waals surface area contributed by atoms with Crippen LogP contribution in [0, 0.1) is 11.3 Å².